The Balaban J connectivity index is 1.43. The summed E-state index contributed by atoms with van der Waals surface area (Å²) in [4.78, 5) is 27.9. The van der Waals surface area contributed by atoms with E-state index in [1.165, 1.54) is 6.26 Å². The van der Waals surface area contributed by atoms with Crippen molar-refractivity contribution in [2.24, 2.45) is 0 Å². The topological polar surface area (TPSA) is 74.6 Å². The van der Waals surface area contributed by atoms with Crippen LogP contribution in [0.1, 0.15) is 40.8 Å². The van der Waals surface area contributed by atoms with E-state index in [-0.39, 0.29) is 23.9 Å². The average Bonchev–Trinajstić information content (AvgIpc) is 3.31. The lowest BCUT2D eigenvalue weighted by molar-refractivity contribution is -0.126. The van der Waals surface area contributed by atoms with Gasteiger partial charge in [-0.15, -0.1) is 11.3 Å². The lowest BCUT2D eigenvalue weighted by Crippen LogP contribution is -2.51. The summed E-state index contributed by atoms with van der Waals surface area (Å²) in [6.07, 6.45) is 3.19. The first-order valence-electron chi connectivity index (χ1n) is 8.93. The highest BCUT2D eigenvalue weighted by Crippen LogP contribution is 2.16. The summed E-state index contributed by atoms with van der Waals surface area (Å²) in [5.74, 6) is 0.272. The maximum absolute atomic E-state index is 12.4. The Morgan fingerprint density at radius 3 is 2.73 bits per heavy atom. The van der Waals surface area contributed by atoms with E-state index in [0.29, 0.717) is 12.3 Å². The summed E-state index contributed by atoms with van der Waals surface area (Å²) >= 11 is 1.64. The number of nitrogens with zero attached hydrogens (tertiary/aromatic N) is 1. The zero-order valence-electron chi connectivity index (χ0n) is 15.2. The van der Waals surface area contributed by atoms with Gasteiger partial charge < -0.3 is 15.1 Å². The van der Waals surface area contributed by atoms with E-state index in [4.69, 9.17) is 4.42 Å². The van der Waals surface area contributed by atoms with E-state index in [9.17, 15) is 9.59 Å². The fourth-order valence-corrected chi connectivity index (χ4v) is 3.83. The molecule has 2 aromatic heterocycles. The smallest absolute Gasteiger partial charge is 0.287 e. The van der Waals surface area contributed by atoms with Crippen molar-refractivity contribution in [3.8, 4) is 0 Å². The molecule has 1 unspecified atom stereocenters. The Morgan fingerprint density at radius 1 is 1.35 bits per heavy atom. The predicted molar refractivity (Wildman–Crippen MR) is 101 cm³/mol. The second-order valence-corrected chi connectivity index (χ2v) is 7.72. The zero-order chi connectivity index (χ0) is 18.5. The summed E-state index contributed by atoms with van der Waals surface area (Å²) in [7, 11) is 0. The molecule has 6 nitrogen and oxygen atoms in total. The van der Waals surface area contributed by atoms with Gasteiger partial charge in [0.1, 0.15) is 0 Å². The van der Waals surface area contributed by atoms with Gasteiger partial charge in [0.15, 0.2) is 5.76 Å². The molecule has 2 aromatic rings. The molecule has 7 heteroatoms. The standard InChI is InChI=1S/C19H25N3O3S/c1-13-7-10-25-17(13)19(24)21-15-5-8-22(9-6-15)14(2)18(23)20-12-16-4-3-11-26-16/h3-4,7,10-11,14-15H,5-6,8-9,12H2,1-2H3,(H,20,23)(H,21,24). The molecular formula is C19H25N3O3S. The van der Waals surface area contributed by atoms with Gasteiger partial charge in [-0.1, -0.05) is 6.07 Å². The first-order chi connectivity index (χ1) is 12.5. The van der Waals surface area contributed by atoms with Crippen LogP contribution in [0.4, 0.5) is 0 Å². The van der Waals surface area contributed by atoms with E-state index >= 15 is 0 Å². The second-order valence-electron chi connectivity index (χ2n) is 6.69. The number of hydrogen-bond donors (Lipinski definition) is 2. The van der Waals surface area contributed by atoms with Gasteiger partial charge in [-0.2, -0.15) is 0 Å². The van der Waals surface area contributed by atoms with Crippen LogP contribution in [-0.4, -0.2) is 41.9 Å². The third-order valence-electron chi connectivity index (χ3n) is 4.88. The van der Waals surface area contributed by atoms with Gasteiger partial charge in [0, 0.05) is 29.6 Å². The third-order valence-corrected chi connectivity index (χ3v) is 5.75. The molecule has 0 bridgehead atoms. The Morgan fingerprint density at radius 2 is 2.12 bits per heavy atom. The largest absolute Gasteiger partial charge is 0.459 e. The molecule has 0 saturated carbocycles. The van der Waals surface area contributed by atoms with E-state index in [1.54, 1.807) is 17.4 Å². The van der Waals surface area contributed by atoms with Crippen LogP contribution in [0.5, 0.6) is 0 Å². The van der Waals surface area contributed by atoms with Gasteiger partial charge in [-0.25, -0.2) is 0 Å². The van der Waals surface area contributed by atoms with Gasteiger partial charge in [-0.3, -0.25) is 14.5 Å². The van der Waals surface area contributed by atoms with Crippen molar-refractivity contribution in [2.75, 3.05) is 13.1 Å². The van der Waals surface area contributed by atoms with Crippen molar-refractivity contribution < 1.29 is 14.0 Å². The molecule has 2 N–H and O–H groups in total. The fraction of sp³-hybridized carbons (Fsp3) is 0.474. The van der Waals surface area contributed by atoms with Crippen LogP contribution < -0.4 is 10.6 Å². The van der Waals surface area contributed by atoms with Crippen LogP contribution in [0.25, 0.3) is 0 Å². The molecule has 26 heavy (non-hydrogen) atoms. The number of amides is 2. The monoisotopic (exact) mass is 375 g/mol. The quantitative estimate of drug-likeness (QED) is 0.814. The van der Waals surface area contributed by atoms with E-state index < -0.39 is 0 Å². The van der Waals surface area contributed by atoms with Gasteiger partial charge in [-0.05, 0) is 44.2 Å². The minimum atomic E-state index is -0.168. The molecule has 3 heterocycles. The molecule has 2 amide bonds. The van der Waals surface area contributed by atoms with Crippen molar-refractivity contribution >= 4 is 23.2 Å². The number of rotatable bonds is 6. The van der Waals surface area contributed by atoms with Gasteiger partial charge in [0.05, 0.1) is 18.8 Å². The van der Waals surface area contributed by atoms with E-state index in [2.05, 4.69) is 15.5 Å². The van der Waals surface area contributed by atoms with E-state index in [0.717, 1.165) is 36.4 Å². The van der Waals surface area contributed by atoms with Gasteiger partial charge in [0.25, 0.3) is 5.91 Å². The number of hydrogen-bond acceptors (Lipinski definition) is 5. The molecule has 3 rings (SSSR count). The van der Waals surface area contributed by atoms with Crippen LogP contribution in [0.2, 0.25) is 0 Å². The third kappa shape index (κ3) is 4.53. The van der Waals surface area contributed by atoms with Crippen LogP contribution in [0.3, 0.4) is 0 Å². The SMILES string of the molecule is Cc1ccoc1C(=O)NC1CCN(C(C)C(=O)NCc2cccs2)CC1. The number of carbonyl (C=O) groups excluding carboxylic acids is 2. The van der Waals surface area contributed by atoms with Crippen molar-refractivity contribution in [1.82, 2.24) is 15.5 Å². The maximum atomic E-state index is 12.4. The average molecular weight is 375 g/mol. The summed E-state index contributed by atoms with van der Waals surface area (Å²) in [6.45, 7) is 5.95. The second kappa shape index (κ2) is 8.51. The molecule has 0 aliphatic carbocycles. The number of furan rings is 1. The summed E-state index contributed by atoms with van der Waals surface area (Å²) in [5.41, 5.74) is 0.843. The lowest BCUT2D eigenvalue weighted by Gasteiger charge is -2.35. The van der Waals surface area contributed by atoms with Crippen LogP contribution in [0, 0.1) is 6.92 Å². The number of likely N-dealkylation sites (tertiary alicyclic amines) is 1. The first kappa shape index (κ1) is 18.7. The number of aryl methyl sites for hydroxylation is 1. The highest BCUT2D eigenvalue weighted by Gasteiger charge is 2.28. The van der Waals surface area contributed by atoms with Gasteiger partial charge >= 0.3 is 0 Å². The van der Waals surface area contributed by atoms with E-state index in [1.807, 2.05) is 31.4 Å². The summed E-state index contributed by atoms with van der Waals surface area (Å²) in [6, 6.07) is 5.74. The van der Waals surface area contributed by atoms with Gasteiger partial charge in [0.2, 0.25) is 5.91 Å². The highest BCUT2D eigenvalue weighted by molar-refractivity contribution is 7.09. The summed E-state index contributed by atoms with van der Waals surface area (Å²) < 4.78 is 5.24. The normalized spacial score (nSPS) is 17.0. The molecule has 140 valence electrons. The van der Waals surface area contributed by atoms with Crippen molar-refractivity contribution in [2.45, 2.75) is 45.3 Å². The van der Waals surface area contributed by atoms with Crippen molar-refractivity contribution in [3.63, 3.8) is 0 Å². The summed E-state index contributed by atoms with van der Waals surface area (Å²) in [5, 5.41) is 8.04. The number of nitrogens with one attached hydrogen (secondary N) is 2. The Labute approximate surface area is 157 Å². The van der Waals surface area contributed by atoms with Crippen LogP contribution in [-0.2, 0) is 11.3 Å². The van der Waals surface area contributed by atoms with Crippen molar-refractivity contribution in [1.29, 1.82) is 0 Å². The Hall–Kier alpha value is -2.12. The molecule has 0 radical (unpaired) electrons. The molecule has 1 fully saturated rings. The first-order valence-corrected chi connectivity index (χ1v) is 9.81. The predicted octanol–water partition coefficient (Wildman–Crippen LogP) is 2.55. The molecule has 1 atom stereocenters. The van der Waals surface area contributed by atoms with Crippen LogP contribution in [0.15, 0.2) is 34.3 Å². The molecular weight excluding hydrogens is 350 g/mol. The Bertz CT molecular complexity index is 733. The number of piperidine rings is 1. The molecule has 1 aliphatic rings. The minimum absolute atomic E-state index is 0.0482. The molecule has 1 saturated heterocycles. The van der Waals surface area contributed by atoms with Crippen LogP contribution >= 0.6 is 11.3 Å². The maximum Gasteiger partial charge on any atom is 0.287 e. The lowest BCUT2D eigenvalue weighted by atomic mass is 10.0. The minimum Gasteiger partial charge on any atom is -0.459 e. The molecule has 0 spiro atoms. The fourth-order valence-electron chi connectivity index (χ4n) is 3.19. The number of carbonyl (C=O) groups is 2. The van der Waals surface area contributed by atoms with Crippen molar-refractivity contribution in [3.05, 3.63) is 46.0 Å². The number of thiophene rings is 1. The highest BCUT2D eigenvalue weighted by atomic mass is 32.1. The Kier molecular flexibility index (Phi) is 6.11. The molecule has 1 aliphatic heterocycles. The zero-order valence-corrected chi connectivity index (χ0v) is 16.0. The molecule has 0 aromatic carbocycles.